The van der Waals surface area contributed by atoms with Gasteiger partial charge in [-0.25, -0.2) is 23.1 Å². The zero-order valence-corrected chi connectivity index (χ0v) is 12.9. The van der Waals surface area contributed by atoms with E-state index >= 15 is 0 Å². The number of hydrogen-bond acceptors (Lipinski definition) is 4. The number of hydrogen-bond donors (Lipinski definition) is 1. The van der Waals surface area contributed by atoms with Crippen molar-refractivity contribution in [3.05, 3.63) is 46.8 Å². The molecule has 0 saturated carbocycles. The second-order valence-corrected chi connectivity index (χ2v) is 7.05. The molecule has 1 aliphatic carbocycles. The van der Waals surface area contributed by atoms with E-state index in [0.717, 1.165) is 36.2 Å². The Morgan fingerprint density at radius 3 is 2.38 bits per heavy atom. The van der Waals surface area contributed by atoms with E-state index in [1.54, 1.807) is 18.2 Å². The molecule has 0 saturated heterocycles. The molecule has 0 unspecified atom stereocenters. The van der Waals surface area contributed by atoms with Crippen LogP contribution in [0.25, 0.3) is 0 Å². The Hall–Kier alpha value is -1.95. The van der Waals surface area contributed by atoms with Crippen LogP contribution in [0.15, 0.2) is 29.2 Å². The normalized spacial score (nSPS) is 14.0. The van der Waals surface area contributed by atoms with Gasteiger partial charge in [-0.15, -0.1) is 0 Å². The Bertz CT molecular complexity index is 780. The molecule has 6 heteroatoms. The third-order valence-electron chi connectivity index (χ3n) is 3.59. The topological polar surface area (TPSA) is 72.0 Å². The van der Waals surface area contributed by atoms with Gasteiger partial charge in [0.1, 0.15) is 0 Å². The van der Waals surface area contributed by atoms with Gasteiger partial charge in [0.25, 0.3) is 10.0 Å². The first-order valence-corrected chi connectivity index (χ1v) is 8.39. The molecule has 1 N–H and O–H groups in total. The van der Waals surface area contributed by atoms with E-state index in [9.17, 15) is 8.42 Å². The highest BCUT2D eigenvalue weighted by atomic mass is 32.2. The highest BCUT2D eigenvalue weighted by Crippen LogP contribution is 2.25. The molecule has 0 radical (unpaired) electrons. The summed E-state index contributed by atoms with van der Waals surface area (Å²) in [6.07, 6.45) is 3.06. The molecule has 1 aromatic carbocycles. The van der Waals surface area contributed by atoms with Crippen LogP contribution in [-0.4, -0.2) is 18.4 Å². The maximum atomic E-state index is 12.4. The minimum absolute atomic E-state index is 0.119. The van der Waals surface area contributed by atoms with Crippen LogP contribution in [0, 0.1) is 13.8 Å². The first-order chi connectivity index (χ1) is 9.94. The summed E-state index contributed by atoms with van der Waals surface area (Å²) in [5.41, 5.74) is 3.83. The van der Waals surface area contributed by atoms with E-state index in [2.05, 4.69) is 14.7 Å². The maximum absolute atomic E-state index is 12.4. The van der Waals surface area contributed by atoms with Crippen LogP contribution < -0.4 is 4.72 Å². The highest BCUT2D eigenvalue weighted by molar-refractivity contribution is 7.92. The number of anilines is 1. The zero-order chi connectivity index (χ0) is 15.0. The molecule has 21 heavy (non-hydrogen) atoms. The summed E-state index contributed by atoms with van der Waals surface area (Å²) in [5, 5.41) is 0. The molecular weight excluding hydrogens is 286 g/mol. The van der Waals surface area contributed by atoms with Crippen molar-refractivity contribution in [3.8, 4) is 0 Å². The van der Waals surface area contributed by atoms with Crippen molar-refractivity contribution in [2.45, 2.75) is 38.0 Å². The average molecular weight is 303 g/mol. The Labute approximate surface area is 124 Å². The second-order valence-electron chi connectivity index (χ2n) is 5.36. The van der Waals surface area contributed by atoms with Crippen LogP contribution in [0.1, 0.15) is 28.9 Å². The minimum Gasteiger partial charge on any atom is -0.247 e. The molecule has 0 bridgehead atoms. The number of sulfonamides is 1. The second kappa shape index (κ2) is 5.11. The van der Waals surface area contributed by atoms with Crippen molar-refractivity contribution in [1.82, 2.24) is 9.97 Å². The van der Waals surface area contributed by atoms with Gasteiger partial charge in [-0.2, -0.15) is 0 Å². The van der Waals surface area contributed by atoms with Gasteiger partial charge in [-0.1, -0.05) is 6.07 Å². The molecule has 5 nitrogen and oxygen atoms in total. The number of aryl methyl sites for hydroxylation is 4. The molecule has 0 fully saturated rings. The Kier molecular flexibility index (Phi) is 3.41. The van der Waals surface area contributed by atoms with Crippen molar-refractivity contribution in [1.29, 1.82) is 0 Å². The summed E-state index contributed by atoms with van der Waals surface area (Å²) in [6, 6.07) is 7.11. The fourth-order valence-corrected chi connectivity index (χ4v) is 3.66. The maximum Gasteiger partial charge on any atom is 0.264 e. The molecule has 1 aliphatic rings. The van der Waals surface area contributed by atoms with Gasteiger partial charge in [0.2, 0.25) is 5.95 Å². The van der Waals surface area contributed by atoms with Crippen LogP contribution in [0.2, 0.25) is 0 Å². The highest BCUT2D eigenvalue weighted by Gasteiger charge is 2.19. The largest absolute Gasteiger partial charge is 0.264 e. The molecule has 1 heterocycles. The Balaban J connectivity index is 1.93. The molecule has 110 valence electrons. The summed E-state index contributed by atoms with van der Waals surface area (Å²) in [7, 11) is -3.64. The third-order valence-corrected chi connectivity index (χ3v) is 4.91. The van der Waals surface area contributed by atoms with Crippen LogP contribution in [0.5, 0.6) is 0 Å². The number of rotatable bonds is 3. The van der Waals surface area contributed by atoms with Crippen molar-refractivity contribution in [2.75, 3.05) is 4.72 Å². The van der Waals surface area contributed by atoms with E-state index in [1.807, 2.05) is 19.9 Å². The Morgan fingerprint density at radius 1 is 1.00 bits per heavy atom. The molecule has 0 aliphatic heterocycles. The third kappa shape index (κ3) is 2.90. The van der Waals surface area contributed by atoms with Crippen molar-refractivity contribution >= 4 is 16.0 Å². The number of aromatic nitrogens is 2. The molecule has 1 aromatic heterocycles. The number of benzene rings is 1. The smallest absolute Gasteiger partial charge is 0.247 e. The van der Waals surface area contributed by atoms with Gasteiger partial charge in [-0.3, -0.25) is 0 Å². The lowest BCUT2D eigenvalue weighted by molar-refractivity contribution is 0.600. The Morgan fingerprint density at radius 2 is 1.67 bits per heavy atom. The first-order valence-electron chi connectivity index (χ1n) is 6.91. The van der Waals surface area contributed by atoms with Gasteiger partial charge < -0.3 is 0 Å². The predicted octanol–water partition coefficient (Wildman–Crippen LogP) is 2.38. The summed E-state index contributed by atoms with van der Waals surface area (Å²) in [5.74, 6) is 0.119. The minimum atomic E-state index is -3.64. The lowest BCUT2D eigenvalue weighted by Gasteiger charge is -2.09. The summed E-state index contributed by atoms with van der Waals surface area (Å²) >= 11 is 0. The van der Waals surface area contributed by atoms with E-state index < -0.39 is 10.0 Å². The molecule has 3 rings (SSSR count). The SMILES string of the molecule is Cc1cc(C)nc(NS(=O)(=O)c2ccc3c(c2)CCC3)n1. The molecule has 0 atom stereocenters. The van der Waals surface area contributed by atoms with Crippen molar-refractivity contribution in [2.24, 2.45) is 0 Å². The lowest BCUT2D eigenvalue weighted by Crippen LogP contribution is -2.16. The number of nitrogens with zero attached hydrogens (tertiary/aromatic N) is 2. The monoisotopic (exact) mass is 303 g/mol. The van der Waals surface area contributed by atoms with Crippen LogP contribution >= 0.6 is 0 Å². The molecule has 0 spiro atoms. The van der Waals surface area contributed by atoms with Gasteiger partial charge in [0.05, 0.1) is 4.90 Å². The van der Waals surface area contributed by atoms with Gasteiger partial charge >= 0.3 is 0 Å². The first kappa shape index (κ1) is 14.0. The summed E-state index contributed by atoms with van der Waals surface area (Å²) in [6.45, 7) is 3.61. The molecule has 0 amide bonds. The van der Waals surface area contributed by atoms with Gasteiger partial charge in [0, 0.05) is 11.4 Å². The van der Waals surface area contributed by atoms with E-state index in [-0.39, 0.29) is 10.8 Å². The van der Waals surface area contributed by atoms with E-state index in [4.69, 9.17) is 0 Å². The fraction of sp³-hybridized carbons (Fsp3) is 0.333. The van der Waals surface area contributed by atoms with Gasteiger partial charge in [0.15, 0.2) is 0 Å². The fourth-order valence-electron chi connectivity index (χ4n) is 2.67. The molecule has 2 aromatic rings. The summed E-state index contributed by atoms with van der Waals surface area (Å²) < 4.78 is 27.3. The van der Waals surface area contributed by atoms with Crippen LogP contribution in [0.3, 0.4) is 0 Å². The number of nitrogens with one attached hydrogen (secondary N) is 1. The van der Waals surface area contributed by atoms with Crippen molar-refractivity contribution in [3.63, 3.8) is 0 Å². The summed E-state index contributed by atoms with van der Waals surface area (Å²) in [4.78, 5) is 8.50. The zero-order valence-electron chi connectivity index (χ0n) is 12.0. The predicted molar refractivity (Wildman–Crippen MR) is 80.8 cm³/mol. The average Bonchev–Trinajstić information content (AvgIpc) is 2.83. The standard InChI is InChI=1S/C15H17N3O2S/c1-10-8-11(2)17-15(16-10)18-21(19,20)14-7-6-12-4-3-5-13(12)9-14/h6-9H,3-5H2,1-2H3,(H,16,17,18). The lowest BCUT2D eigenvalue weighted by atomic mass is 10.1. The number of fused-ring (bicyclic) bond motifs is 1. The van der Waals surface area contributed by atoms with Crippen LogP contribution in [0.4, 0.5) is 5.95 Å². The molecular formula is C15H17N3O2S. The van der Waals surface area contributed by atoms with E-state index in [1.165, 1.54) is 5.56 Å². The van der Waals surface area contributed by atoms with Crippen molar-refractivity contribution < 1.29 is 8.42 Å². The van der Waals surface area contributed by atoms with Crippen LogP contribution in [-0.2, 0) is 22.9 Å². The van der Waals surface area contributed by atoms with Gasteiger partial charge in [-0.05, 0) is 62.4 Å². The van der Waals surface area contributed by atoms with E-state index in [0.29, 0.717) is 0 Å². The quantitative estimate of drug-likeness (QED) is 0.945.